The zero-order valence-electron chi connectivity index (χ0n) is 11.0. The smallest absolute Gasteiger partial charge is 0.269 e. The summed E-state index contributed by atoms with van der Waals surface area (Å²) >= 11 is 0. The molecule has 2 rings (SSSR count). The predicted octanol–water partition coefficient (Wildman–Crippen LogP) is 3.32. The molecule has 0 saturated heterocycles. The fourth-order valence-corrected chi connectivity index (χ4v) is 1.70. The third-order valence-corrected chi connectivity index (χ3v) is 2.79. The number of nitro benzene ring substituents is 1. The molecule has 1 aromatic heterocycles. The Hall–Kier alpha value is -2.17. The topological polar surface area (TPSA) is 61.0 Å². The van der Waals surface area contributed by atoms with Crippen molar-refractivity contribution in [3.63, 3.8) is 0 Å². The van der Waals surface area contributed by atoms with Gasteiger partial charge in [-0.25, -0.2) is 4.98 Å². The minimum atomic E-state index is -0.403. The Balaban J connectivity index is 2.11. The maximum atomic E-state index is 10.6. The van der Waals surface area contributed by atoms with Crippen molar-refractivity contribution < 1.29 is 4.92 Å². The van der Waals surface area contributed by atoms with Crippen molar-refractivity contribution in [2.75, 3.05) is 0 Å². The van der Waals surface area contributed by atoms with E-state index in [1.54, 1.807) is 18.5 Å². The van der Waals surface area contributed by atoms with Gasteiger partial charge in [-0.05, 0) is 24.5 Å². The Morgan fingerprint density at radius 1 is 1.37 bits per heavy atom. The molecular weight excluding hydrogens is 242 g/mol. The number of hydrogen-bond donors (Lipinski definition) is 0. The molecule has 0 atom stereocenters. The Morgan fingerprint density at radius 3 is 2.63 bits per heavy atom. The minimum Gasteiger partial charge on any atom is -0.337 e. The molecule has 0 saturated carbocycles. The van der Waals surface area contributed by atoms with Crippen molar-refractivity contribution in [1.82, 2.24) is 9.55 Å². The molecular formula is C14H16N3O2. The van der Waals surface area contributed by atoms with Crippen molar-refractivity contribution in [3.8, 4) is 11.3 Å². The zero-order chi connectivity index (χ0) is 13.8. The van der Waals surface area contributed by atoms with Crippen LogP contribution < -0.4 is 0 Å². The van der Waals surface area contributed by atoms with E-state index in [4.69, 9.17) is 0 Å². The SMILES string of the molecule is CC(C)[CH]Cn1cnc(-c2ccc([N+](=O)[O-])cc2)c1. The lowest BCUT2D eigenvalue weighted by Gasteiger charge is -2.03. The van der Waals surface area contributed by atoms with Gasteiger partial charge in [0, 0.05) is 30.4 Å². The molecule has 1 aromatic carbocycles. The summed E-state index contributed by atoms with van der Waals surface area (Å²) in [5, 5.41) is 10.6. The van der Waals surface area contributed by atoms with Gasteiger partial charge in [0.2, 0.25) is 0 Å². The van der Waals surface area contributed by atoms with Crippen LogP contribution in [0.2, 0.25) is 0 Å². The summed E-state index contributed by atoms with van der Waals surface area (Å²) in [6.45, 7) is 5.08. The molecule has 2 aromatic rings. The first-order valence-electron chi connectivity index (χ1n) is 6.16. The Morgan fingerprint density at radius 2 is 2.05 bits per heavy atom. The Labute approximate surface area is 112 Å². The molecule has 0 unspecified atom stereocenters. The first-order chi connectivity index (χ1) is 9.06. The van der Waals surface area contributed by atoms with Crippen molar-refractivity contribution in [1.29, 1.82) is 0 Å². The second-order valence-electron chi connectivity index (χ2n) is 4.74. The van der Waals surface area contributed by atoms with E-state index >= 15 is 0 Å². The van der Waals surface area contributed by atoms with Gasteiger partial charge in [0.1, 0.15) is 0 Å². The number of rotatable bonds is 5. The van der Waals surface area contributed by atoms with Gasteiger partial charge in [0.05, 0.1) is 16.9 Å². The number of non-ortho nitro benzene ring substituents is 1. The van der Waals surface area contributed by atoms with Crippen LogP contribution >= 0.6 is 0 Å². The van der Waals surface area contributed by atoms with Gasteiger partial charge in [-0.15, -0.1) is 0 Å². The highest BCUT2D eigenvalue weighted by atomic mass is 16.6. The summed E-state index contributed by atoms with van der Waals surface area (Å²) in [7, 11) is 0. The number of nitrogens with zero attached hydrogens (tertiary/aromatic N) is 3. The van der Waals surface area contributed by atoms with Gasteiger partial charge >= 0.3 is 0 Å². The second-order valence-corrected chi connectivity index (χ2v) is 4.74. The molecule has 0 aliphatic carbocycles. The maximum absolute atomic E-state index is 10.6. The van der Waals surface area contributed by atoms with Crippen LogP contribution in [0.15, 0.2) is 36.8 Å². The van der Waals surface area contributed by atoms with Crippen molar-refractivity contribution >= 4 is 5.69 Å². The van der Waals surface area contributed by atoms with E-state index in [-0.39, 0.29) is 5.69 Å². The molecule has 0 spiro atoms. The number of nitro groups is 1. The molecule has 19 heavy (non-hydrogen) atoms. The van der Waals surface area contributed by atoms with E-state index in [2.05, 4.69) is 25.3 Å². The minimum absolute atomic E-state index is 0.0938. The number of imidazole rings is 1. The summed E-state index contributed by atoms with van der Waals surface area (Å²) in [4.78, 5) is 14.5. The highest BCUT2D eigenvalue weighted by molar-refractivity contribution is 5.60. The van der Waals surface area contributed by atoms with Crippen LogP contribution in [-0.2, 0) is 6.54 Å². The summed E-state index contributed by atoms with van der Waals surface area (Å²) < 4.78 is 2.00. The fourth-order valence-electron chi connectivity index (χ4n) is 1.70. The standard InChI is InChI=1S/C14H16N3O2/c1-11(2)7-8-16-9-14(15-10-16)12-3-5-13(6-4-12)17(18)19/h3-7,9-11H,8H2,1-2H3. The molecule has 0 bridgehead atoms. The largest absolute Gasteiger partial charge is 0.337 e. The molecule has 0 fully saturated rings. The van der Waals surface area contributed by atoms with Gasteiger partial charge in [-0.1, -0.05) is 13.8 Å². The third-order valence-electron chi connectivity index (χ3n) is 2.79. The zero-order valence-corrected chi connectivity index (χ0v) is 11.0. The number of hydrogen-bond acceptors (Lipinski definition) is 3. The summed E-state index contributed by atoms with van der Waals surface area (Å²) in [5.41, 5.74) is 1.80. The molecule has 0 amide bonds. The Bertz CT molecular complexity index is 558. The van der Waals surface area contributed by atoms with Gasteiger partial charge in [-0.3, -0.25) is 10.1 Å². The summed E-state index contributed by atoms with van der Waals surface area (Å²) in [6.07, 6.45) is 5.91. The molecule has 1 radical (unpaired) electrons. The number of benzene rings is 1. The lowest BCUT2D eigenvalue weighted by molar-refractivity contribution is -0.384. The molecule has 0 aliphatic rings. The van der Waals surface area contributed by atoms with Crippen LogP contribution in [0, 0.1) is 22.5 Å². The van der Waals surface area contributed by atoms with Crippen molar-refractivity contribution in [3.05, 3.63) is 53.3 Å². The van der Waals surface area contributed by atoms with Crippen molar-refractivity contribution in [2.45, 2.75) is 20.4 Å². The maximum Gasteiger partial charge on any atom is 0.269 e. The average Bonchev–Trinajstić information content (AvgIpc) is 2.85. The predicted molar refractivity (Wildman–Crippen MR) is 73.5 cm³/mol. The molecule has 5 nitrogen and oxygen atoms in total. The van der Waals surface area contributed by atoms with Crippen LogP contribution in [0.1, 0.15) is 13.8 Å². The van der Waals surface area contributed by atoms with E-state index < -0.39 is 4.92 Å². The lowest BCUT2D eigenvalue weighted by Crippen LogP contribution is -1.99. The van der Waals surface area contributed by atoms with E-state index in [1.807, 2.05) is 10.8 Å². The molecule has 0 aliphatic heterocycles. The van der Waals surface area contributed by atoms with Gasteiger partial charge in [0.25, 0.3) is 5.69 Å². The van der Waals surface area contributed by atoms with Crippen LogP contribution in [0.3, 0.4) is 0 Å². The van der Waals surface area contributed by atoms with E-state index in [0.717, 1.165) is 17.8 Å². The monoisotopic (exact) mass is 258 g/mol. The van der Waals surface area contributed by atoms with E-state index in [9.17, 15) is 10.1 Å². The highest BCUT2D eigenvalue weighted by Crippen LogP contribution is 2.20. The Kier molecular flexibility index (Phi) is 3.94. The lowest BCUT2D eigenvalue weighted by atomic mass is 10.1. The molecule has 5 heteroatoms. The van der Waals surface area contributed by atoms with Crippen LogP contribution in [0.4, 0.5) is 5.69 Å². The van der Waals surface area contributed by atoms with Gasteiger partial charge < -0.3 is 4.57 Å². The first kappa shape index (κ1) is 13.3. The normalized spacial score (nSPS) is 10.9. The van der Waals surface area contributed by atoms with E-state index in [1.165, 1.54) is 12.1 Å². The molecule has 1 heterocycles. The summed E-state index contributed by atoms with van der Waals surface area (Å²) in [5.74, 6) is 0.533. The van der Waals surface area contributed by atoms with Gasteiger partial charge in [-0.2, -0.15) is 0 Å². The first-order valence-corrected chi connectivity index (χ1v) is 6.16. The molecule has 99 valence electrons. The fraction of sp³-hybridized carbons (Fsp3) is 0.286. The number of aromatic nitrogens is 2. The summed E-state index contributed by atoms with van der Waals surface area (Å²) in [6, 6.07) is 6.43. The van der Waals surface area contributed by atoms with Gasteiger partial charge in [0.15, 0.2) is 0 Å². The van der Waals surface area contributed by atoms with Crippen LogP contribution in [0.5, 0.6) is 0 Å². The third kappa shape index (κ3) is 3.40. The second kappa shape index (κ2) is 5.65. The molecule has 0 N–H and O–H groups in total. The average molecular weight is 258 g/mol. The van der Waals surface area contributed by atoms with E-state index in [0.29, 0.717) is 5.92 Å². The van der Waals surface area contributed by atoms with Crippen molar-refractivity contribution in [2.24, 2.45) is 5.92 Å². The van der Waals surface area contributed by atoms with Crippen LogP contribution in [-0.4, -0.2) is 14.5 Å². The van der Waals surface area contributed by atoms with Crippen LogP contribution in [0.25, 0.3) is 11.3 Å². The highest BCUT2D eigenvalue weighted by Gasteiger charge is 2.07. The quantitative estimate of drug-likeness (QED) is 0.610.